The highest BCUT2D eigenvalue weighted by atomic mass is 16.5. The van der Waals surface area contributed by atoms with E-state index < -0.39 is 11.8 Å². The van der Waals surface area contributed by atoms with Gasteiger partial charge in [0, 0.05) is 36.2 Å². The van der Waals surface area contributed by atoms with E-state index >= 15 is 0 Å². The normalized spacial score (nSPS) is 11.1. The van der Waals surface area contributed by atoms with Crippen molar-refractivity contribution in [2.75, 3.05) is 26.1 Å². The Hall–Kier alpha value is -3.65. The minimum Gasteiger partial charge on any atom is -0.491 e. The van der Waals surface area contributed by atoms with Gasteiger partial charge in [0.15, 0.2) is 0 Å². The summed E-state index contributed by atoms with van der Waals surface area (Å²) in [6.07, 6.45) is 1.11. The van der Waals surface area contributed by atoms with Gasteiger partial charge in [0.05, 0.1) is 12.2 Å². The molecule has 8 nitrogen and oxygen atoms in total. The number of nitrogen functional groups attached to an aromatic ring is 1. The van der Waals surface area contributed by atoms with E-state index in [1.165, 1.54) is 36.4 Å². The first-order valence-electron chi connectivity index (χ1n) is 8.29. The maximum Gasteiger partial charge on any atom is 0.335 e. The van der Waals surface area contributed by atoms with Crippen molar-refractivity contribution in [3.8, 4) is 5.75 Å². The van der Waals surface area contributed by atoms with Gasteiger partial charge >= 0.3 is 5.97 Å². The molecule has 0 aromatic heterocycles. The number of nitrogens with two attached hydrogens (primary N) is 2. The molecule has 2 aromatic carbocycles. The van der Waals surface area contributed by atoms with Crippen LogP contribution in [-0.2, 0) is 9.53 Å². The first kappa shape index (κ1) is 20.7. The Morgan fingerprint density at radius 2 is 1.75 bits per heavy atom. The SMILES string of the molecule is COCCOc1ccc(C(=N)C(=O)/C=C(\N)c2ccc(C(=O)O)cc2)c(N)c1. The van der Waals surface area contributed by atoms with Crippen molar-refractivity contribution in [3.63, 3.8) is 0 Å². The number of allylic oxidation sites excluding steroid dienone is 1. The second-order valence-corrected chi connectivity index (χ2v) is 5.81. The summed E-state index contributed by atoms with van der Waals surface area (Å²) >= 11 is 0. The van der Waals surface area contributed by atoms with Crippen molar-refractivity contribution >= 4 is 28.8 Å². The third kappa shape index (κ3) is 5.18. The van der Waals surface area contributed by atoms with E-state index in [9.17, 15) is 9.59 Å². The van der Waals surface area contributed by atoms with Crippen LogP contribution in [-0.4, -0.2) is 42.9 Å². The van der Waals surface area contributed by atoms with E-state index in [0.717, 1.165) is 6.08 Å². The van der Waals surface area contributed by atoms with Gasteiger partial charge in [0.2, 0.25) is 5.78 Å². The molecular formula is C20H21N3O5. The molecule has 0 atom stereocenters. The standard InChI is InChI=1S/C20H21N3O5/c1-27-8-9-28-14-6-7-15(17(22)10-14)19(23)18(24)11-16(21)12-2-4-13(5-3-12)20(25)26/h2-7,10-11,23H,8-9,21-22H2,1H3,(H,25,26)/b16-11-,23-19?. The minimum atomic E-state index is -1.06. The molecule has 8 heteroatoms. The van der Waals surface area contributed by atoms with Crippen LogP contribution in [0.4, 0.5) is 5.69 Å². The highest BCUT2D eigenvalue weighted by Crippen LogP contribution is 2.21. The Labute approximate surface area is 161 Å². The second kappa shape index (κ2) is 9.33. The van der Waals surface area contributed by atoms with Crippen LogP contribution in [0.1, 0.15) is 21.5 Å². The molecule has 6 N–H and O–H groups in total. The number of carboxylic acid groups (broad SMARTS) is 1. The summed E-state index contributed by atoms with van der Waals surface area (Å²) in [6, 6.07) is 10.4. The van der Waals surface area contributed by atoms with Gasteiger partial charge in [-0.3, -0.25) is 10.2 Å². The number of hydrogen-bond donors (Lipinski definition) is 4. The van der Waals surface area contributed by atoms with Crippen molar-refractivity contribution in [1.29, 1.82) is 5.41 Å². The molecule has 0 heterocycles. The minimum absolute atomic E-state index is 0.108. The van der Waals surface area contributed by atoms with Crippen LogP contribution in [0, 0.1) is 5.41 Å². The molecule has 28 heavy (non-hydrogen) atoms. The van der Waals surface area contributed by atoms with Crippen molar-refractivity contribution in [2.24, 2.45) is 5.73 Å². The topological polar surface area (TPSA) is 149 Å². The van der Waals surface area contributed by atoms with Gasteiger partial charge in [-0.15, -0.1) is 0 Å². The Bertz CT molecular complexity index is 920. The third-order valence-corrected chi connectivity index (χ3v) is 3.85. The van der Waals surface area contributed by atoms with E-state index in [0.29, 0.717) is 24.5 Å². The molecule has 146 valence electrons. The van der Waals surface area contributed by atoms with Crippen LogP contribution in [0.15, 0.2) is 48.5 Å². The average Bonchev–Trinajstić information content (AvgIpc) is 2.67. The Morgan fingerprint density at radius 3 is 2.32 bits per heavy atom. The van der Waals surface area contributed by atoms with Crippen LogP contribution < -0.4 is 16.2 Å². The van der Waals surface area contributed by atoms with Crippen LogP contribution >= 0.6 is 0 Å². The Balaban J connectivity index is 2.13. The number of methoxy groups -OCH3 is 1. The van der Waals surface area contributed by atoms with E-state index in [-0.39, 0.29) is 28.2 Å². The molecule has 0 amide bonds. The fraction of sp³-hybridized carbons (Fsp3) is 0.150. The van der Waals surface area contributed by atoms with E-state index in [2.05, 4.69) is 0 Å². The van der Waals surface area contributed by atoms with Gasteiger partial charge in [0.25, 0.3) is 0 Å². The number of rotatable bonds is 9. The number of anilines is 1. The number of benzene rings is 2. The number of ketones is 1. The van der Waals surface area contributed by atoms with E-state index in [1.54, 1.807) is 13.2 Å². The summed E-state index contributed by atoms with van der Waals surface area (Å²) in [5, 5.41) is 17.0. The zero-order valence-corrected chi connectivity index (χ0v) is 15.3. The number of ether oxygens (including phenoxy) is 2. The lowest BCUT2D eigenvalue weighted by Crippen LogP contribution is -2.15. The molecule has 0 aliphatic rings. The summed E-state index contributed by atoms with van der Waals surface area (Å²) in [6.45, 7) is 0.777. The molecule has 0 saturated carbocycles. The number of hydrogen-bond acceptors (Lipinski definition) is 7. The van der Waals surface area contributed by atoms with E-state index in [4.69, 9.17) is 31.5 Å². The lowest BCUT2D eigenvalue weighted by atomic mass is 10.0. The van der Waals surface area contributed by atoms with Gasteiger partial charge in [-0.2, -0.15) is 0 Å². The third-order valence-electron chi connectivity index (χ3n) is 3.85. The number of carboxylic acids is 1. The predicted octanol–water partition coefficient (Wildman–Crippen LogP) is 1.93. The maximum absolute atomic E-state index is 12.4. The zero-order chi connectivity index (χ0) is 20.7. The molecule has 2 rings (SSSR count). The van der Waals surface area contributed by atoms with Crippen LogP contribution in [0.25, 0.3) is 5.70 Å². The highest BCUT2D eigenvalue weighted by molar-refractivity contribution is 6.50. The van der Waals surface area contributed by atoms with Gasteiger partial charge in [-0.1, -0.05) is 12.1 Å². The summed E-state index contributed by atoms with van der Waals surface area (Å²) in [5.41, 5.74) is 12.7. The van der Waals surface area contributed by atoms with Crippen molar-refractivity contribution in [1.82, 2.24) is 0 Å². The molecule has 0 fully saturated rings. The largest absolute Gasteiger partial charge is 0.491 e. The highest BCUT2D eigenvalue weighted by Gasteiger charge is 2.14. The lowest BCUT2D eigenvalue weighted by molar-refractivity contribution is -0.108. The maximum atomic E-state index is 12.4. The molecule has 2 aromatic rings. The summed E-state index contributed by atoms with van der Waals surface area (Å²) < 4.78 is 10.3. The van der Waals surface area contributed by atoms with Crippen LogP contribution in [0.2, 0.25) is 0 Å². The monoisotopic (exact) mass is 383 g/mol. The second-order valence-electron chi connectivity index (χ2n) is 5.81. The van der Waals surface area contributed by atoms with Crippen molar-refractivity contribution in [3.05, 3.63) is 65.2 Å². The van der Waals surface area contributed by atoms with Gasteiger partial charge in [-0.05, 0) is 29.8 Å². The Kier molecular flexibility index (Phi) is 6.89. The molecule has 0 aliphatic carbocycles. The summed E-state index contributed by atoms with van der Waals surface area (Å²) in [7, 11) is 1.56. The molecule has 0 aliphatic heterocycles. The Morgan fingerprint density at radius 1 is 1.11 bits per heavy atom. The number of carbonyl (C=O) groups excluding carboxylic acids is 1. The molecular weight excluding hydrogens is 362 g/mol. The number of carbonyl (C=O) groups is 2. The number of aromatic carboxylic acids is 1. The van der Waals surface area contributed by atoms with E-state index in [1.807, 2.05) is 0 Å². The average molecular weight is 383 g/mol. The first-order valence-corrected chi connectivity index (χ1v) is 8.29. The quantitative estimate of drug-likeness (QED) is 0.224. The molecule has 0 saturated heterocycles. The fourth-order valence-corrected chi connectivity index (χ4v) is 2.34. The van der Waals surface area contributed by atoms with Crippen LogP contribution in [0.5, 0.6) is 5.75 Å². The smallest absolute Gasteiger partial charge is 0.335 e. The lowest BCUT2D eigenvalue weighted by Gasteiger charge is -2.10. The van der Waals surface area contributed by atoms with Gasteiger partial charge in [-0.25, -0.2) is 4.79 Å². The molecule has 0 radical (unpaired) electrons. The summed E-state index contributed by atoms with van der Waals surface area (Å²) in [5.74, 6) is -1.18. The van der Waals surface area contributed by atoms with Gasteiger partial charge < -0.3 is 26.0 Å². The first-order chi connectivity index (χ1) is 13.3. The molecule has 0 unspecified atom stereocenters. The van der Waals surface area contributed by atoms with Crippen molar-refractivity contribution < 1.29 is 24.2 Å². The molecule has 0 spiro atoms. The summed E-state index contributed by atoms with van der Waals surface area (Å²) in [4.78, 5) is 23.3. The number of nitrogens with one attached hydrogen (secondary N) is 1. The predicted molar refractivity (Wildman–Crippen MR) is 106 cm³/mol. The van der Waals surface area contributed by atoms with Crippen molar-refractivity contribution in [2.45, 2.75) is 0 Å². The van der Waals surface area contributed by atoms with Crippen LogP contribution in [0.3, 0.4) is 0 Å². The fourth-order valence-electron chi connectivity index (χ4n) is 2.34. The van der Waals surface area contributed by atoms with Gasteiger partial charge in [0.1, 0.15) is 18.1 Å². The molecule has 0 bridgehead atoms. The zero-order valence-electron chi connectivity index (χ0n) is 15.3.